The maximum absolute atomic E-state index is 6.24. The van der Waals surface area contributed by atoms with Gasteiger partial charge in [-0.1, -0.05) is 20.8 Å². The van der Waals surface area contributed by atoms with Crippen LogP contribution < -0.4 is 4.43 Å². The fourth-order valence-electron chi connectivity index (χ4n) is 1.23. The predicted octanol–water partition coefficient (Wildman–Crippen LogP) is 4.31. The van der Waals surface area contributed by atoms with Crippen molar-refractivity contribution in [2.24, 2.45) is 0 Å². The summed E-state index contributed by atoms with van der Waals surface area (Å²) in [6.07, 6.45) is 4.48. The average molecular weight is 270 g/mol. The van der Waals surface area contributed by atoms with Gasteiger partial charge in [-0.2, -0.15) is 0 Å². The van der Waals surface area contributed by atoms with Gasteiger partial charge in [-0.3, -0.25) is 0 Å². The van der Waals surface area contributed by atoms with Crippen LogP contribution in [0.25, 0.3) is 0 Å². The molecule has 0 saturated carbocycles. The second-order valence-electron chi connectivity index (χ2n) is 6.15. The van der Waals surface area contributed by atoms with Gasteiger partial charge in [-0.05, 0) is 42.4 Å². The summed E-state index contributed by atoms with van der Waals surface area (Å²) in [5.41, 5.74) is 0. The first-order valence-electron chi connectivity index (χ1n) is 6.00. The topological polar surface area (TPSA) is 9.23 Å². The van der Waals surface area contributed by atoms with Gasteiger partial charge in [-0.25, -0.2) is 0 Å². The first-order valence-corrected chi connectivity index (χ1v) is 10.9. The smallest absolute Gasteiger partial charge is 0.250 e. The molecule has 1 aromatic rings. The Bertz CT molecular complexity index is 363. The predicted molar refractivity (Wildman–Crippen MR) is 81.7 cm³/mol. The van der Waals surface area contributed by atoms with E-state index < -0.39 is 8.32 Å². The number of hydrogen-bond donors (Lipinski definition) is 0. The van der Waals surface area contributed by atoms with Gasteiger partial charge < -0.3 is 4.43 Å². The largest absolute Gasteiger partial charge is 0.543 e. The van der Waals surface area contributed by atoms with Crippen molar-refractivity contribution in [2.75, 3.05) is 12.5 Å². The van der Waals surface area contributed by atoms with Crippen LogP contribution in [0.2, 0.25) is 18.1 Å². The lowest BCUT2D eigenvalue weighted by atomic mass is 10.2. The van der Waals surface area contributed by atoms with Crippen LogP contribution in [-0.2, 0) is 10.9 Å². The summed E-state index contributed by atoms with van der Waals surface area (Å²) < 4.78 is 6.24. The van der Waals surface area contributed by atoms with E-state index in [4.69, 9.17) is 4.43 Å². The van der Waals surface area contributed by atoms with E-state index in [9.17, 15) is 0 Å². The van der Waals surface area contributed by atoms with Crippen molar-refractivity contribution in [3.63, 3.8) is 0 Å². The molecular weight excluding hydrogens is 244 g/mol. The van der Waals surface area contributed by atoms with E-state index in [0.29, 0.717) is 10.9 Å². The zero-order valence-electron chi connectivity index (χ0n) is 12.1. The molecule has 0 aliphatic carbocycles. The van der Waals surface area contributed by atoms with Crippen LogP contribution in [0.4, 0.5) is 0 Å². The Morgan fingerprint density at radius 2 is 1.47 bits per heavy atom. The highest BCUT2D eigenvalue weighted by Crippen LogP contribution is 2.37. The summed E-state index contributed by atoms with van der Waals surface area (Å²) in [4.78, 5) is 1.40. The van der Waals surface area contributed by atoms with E-state index in [1.54, 1.807) is 0 Å². The molecule has 1 aromatic carbocycles. The summed E-state index contributed by atoms with van der Waals surface area (Å²) in [5, 5.41) is 0.255. The average Bonchev–Trinajstić information content (AvgIpc) is 2.16. The fourth-order valence-corrected chi connectivity index (χ4v) is 2.94. The van der Waals surface area contributed by atoms with Gasteiger partial charge in [-0.15, -0.1) is 0 Å². The monoisotopic (exact) mass is 269 g/mol. The highest BCUT2D eigenvalue weighted by atomic mass is 32.2. The van der Waals surface area contributed by atoms with Crippen molar-refractivity contribution >= 4 is 19.2 Å². The van der Waals surface area contributed by atoms with Gasteiger partial charge in [0.05, 0.1) is 0 Å². The highest BCUT2D eigenvalue weighted by Gasteiger charge is 2.38. The minimum Gasteiger partial charge on any atom is -0.543 e. The molecule has 96 valence electrons. The normalized spacial score (nSPS) is 12.9. The standard InChI is InChI=1S/C14H25OSSi/c1-14(2,3)17(6,7)15-12-8-10-13(11-9-12)16(4)5/h8-11H,1-7H3/q+1. The molecule has 17 heavy (non-hydrogen) atoms. The molecule has 0 N–H and O–H groups in total. The second-order valence-corrected chi connectivity index (χ2v) is 13.0. The quantitative estimate of drug-likeness (QED) is 0.587. The fraction of sp³-hybridized carbons (Fsp3) is 0.571. The zero-order chi connectivity index (χ0) is 13.3. The Morgan fingerprint density at radius 3 is 1.82 bits per heavy atom. The first kappa shape index (κ1) is 14.6. The molecule has 3 heteroatoms. The molecule has 0 aromatic heterocycles. The van der Waals surface area contributed by atoms with Crippen molar-refractivity contribution < 1.29 is 4.43 Å². The third-order valence-electron chi connectivity index (χ3n) is 3.47. The molecule has 0 aliphatic heterocycles. The Kier molecular flexibility index (Phi) is 4.36. The van der Waals surface area contributed by atoms with Crippen LogP contribution in [0.3, 0.4) is 0 Å². The molecule has 0 saturated heterocycles. The van der Waals surface area contributed by atoms with Crippen LogP contribution in [-0.4, -0.2) is 20.8 Å². The summed E-state index contributed by atoms with van der Waals surface area (Å²) in [5.74, 6) is 1.02. The van der Waals surface area contributed by atoms with Crippen molar-refractivity contribution in [2.45, 2.75) is 43.8 Å². The van der Waals surface area contributed by atoms with E-state index >= 15 is 0 Å². The van der Waals surface area contributed by atoms with E-state index in [-0.39, 0.29) is 5.04 Å². The van der Waals surface area contributed by atoms with Crippen LogP contribution in [0.1, 0.15) is 20.8 Å². The molecular formula is C14H25OSSi+. The van der Waals surface area contributed by atoms with Crippen LogP contribution >= 0.6 is 0 Å². The van der Waals surface area contributed by atoms with Gasteiger partial charge >= 0.3 is 0 Å². The first-order chi connectivity index (χ1) is 7.63. The SMILES string of the molecule is C[S+](C)c1ccc(O[Si](C)(C)C(C)(C)C)cc1. The van der Waals surface area contributed by atoms with Gasteiger partial charge in [0.2, 0.25) is 8.32 Å². The van der Waals surface area contributed by atoms with E-state index in [1.165, 1.54) is 4.90 Å². The van der Waals surface area contributed by atoms with Crippen LogP contribution in [0.5, 0.6) is 5.75 Å². The van der Waals surface area contributed by atoms with E-state index in [0.717, 1.165) is 5.75 Å². The molecule has 0 amide bonds. The maximum atomic E-state index is 6.24. The van der Waals surface area contributed by atoms with Crippen LogP contribution in [0.15, 0.2) is 29.2 Å². The summed E-state index contributed by atoms with van der Waals surface area (Å²) in [7, 11) is -1.36. The Labute approximate surface area is 110 Å². The lowest BCUT2D eigenvalue weighted by Gasteiger charge is -2.36. The molecule has 0 radical (unpaired) electrons. The second kappa shape index (κ2) is 5.07. The van der Waals surface area contributed by atoms with Gasteiger partial charge in [0.15, 0.2) is 4.90 Å². The summed E-state index contributed by atoms with van der Waals surface area (Å²) in [6.45, 7) is 11.4. The number of hydrogen-bond acceptors (Lipinski definition) is 1. The molecule has 0 unspecified atom stereocenters. The number of benzene rings is 1. The third-order valence-corrected chi connectivity index (χ3v) is 9.05. The Balaban J connectivity index is 2.83. The minimum atomic E-state index is -1.69. The van der Waals surface area contributed by atoms with Gasteiger partial charge in [0.25, 0.3) is 0 Å². The van der Waals surface area contributed by atoms with E-state index in [1.807, 2.05) is 0 Å². The molecule has 0 atom stereocenters. The van der Waals surface area contributed by atoms with Crippen molar-refractivity contribution in [3.8, 4) is 5.75 Å². The summed E-state index contributed by atoms with van der Waals surface area (Å²) >= 11 is 0. The maximum Gasteiger partial charge on any atom is 0.250 e. The lowest BCUT2D eigenvalue weighted by Crippen LogP contribution is -2.43. The van der Waals surface area contributed by atoms with Crippen molar-refractivity contribution in [1.82, 2.24) is 0 Å². The Morgan fingerprint density at radius 1 is 1.00 bits per heavy atom. The molecule has 0 fully saturated rings. The third kappa shape index (κ3) is 3.78. The molecule has 1 rings (SSSR count). The highest BCUT2D eigenvalue weighted by molar-refractivity contribution is 7.95. The lowest BCUT2D eigenvalue weighted by molar-refractivity contribution is 0.492. The molecule has 0 aliphatic rings. The molecule has 1 nitrogen and oxygen atoms in total. The van der Waals surface area contributed by atoms with Crippen molar-refractivity contribution in [3.05, 3.63) is 24.3 Å². The zero-order valence-corrected chi connectivity index (χ0v) is 13.9. The van der Waals surface area contributed by atoms with Gasteiger partial charge in [0.1, 0.15) is 18.3 Å². The molecule has 0 heterocycles. The van der Waals surface area contributed by atoms with Gasteiger partial charge in [0, 0.05) is 10.9 Å². The summed E-state index contributed by atoms with van der Waals surface area (Å²) in [6, 6.07) is 8.60. The number of rotatable bonds is 3. The van der Waals surface area contributed by atoms with Crippen molar-refractivity contribution in [1.29, 1.82) is 0 Å². The minimum absolute atomic E-state index is 0.255. The Hall–Kier alpha value is -0.413. The molecule has 0 spiro atoms. The molecule has 0 bridgehead atoms. The van der Waals surface area contributed by atoms with Crippen LogP contribution in [0, 0.1) is 0 Å². The van der Waals surface area contributed by atoms with E-state index in [2.05, 4.69) is 70.6 Å².